The lowest BCUT2D eigenvalue weighted by molar-refractivity contribution is -0.332. The van der Waals surface area contributed by atoms with Gasteiger partial charge in [0.1, 0.15) is 61.0 Å². The van der Waals surface area contributed by atoms with Crippen LogP contribution in [0.25, 0.3) is 0 Å². The normalized spacial score (nSPS) is 26.0. The summed E-state index contributed by atoms with van der Waals surface area (Å²) in [7, 11) is 0. The molecule has 1 amide bonds. The lowest BCUT2D eigenvalue weighted by atomic mass is 9.98. The van der Waals surface area contributed by atoms with E-state index in [1.165, 1.54) is 148 Å². The minimum absolute atomic E-state index is 0.204. The zero-order valence-electron chi connectivity index (χ0n) is 43.8. The van der Waals surface area contributed by atoms with E-state index < -0.39 is 111 Å². The van der Waals surface area contributed by atoms with Crippen LogP contribution in [-0.2, 0) is 23.7 Å². The molecule has 0 radical (unpaired) electrons. The molecule has 70 heavy (non-hydrogen) atoms. The summed E-state index contributed by atoms with van der Waals surface area (Å²) in [6.45, 7) is 2.39. The molecule has 0 spiro atoms. The second kappa shape index (κ2) is 41.2. The number of nitrogens with one attached hydrogen (secondary N) is 1. The Kier molecular flexibility index (Phi) is 38.3. The summed E-state index contributed by atoms with van der Waals surface area (Å²) in [4.78, 5) is 13.4. The van der Waals surface area contributed by atoms with Crippen molar-refractivity contribution < 1.29 is 74.8 Å². The molecule has 2 fully saturated rings. The van der Waals surface area contributed by atoms with E-state index in [2.05, 4.69) is 19.2 Å². The lowest BCUT2D eigenvalue weighted by Gasteiger charge is -2.43. The maximum atomic E-state index is 13.4. The largest absolute Gasteiger partial charge is 0.394 e. The molecule has 2 heterocycles. The summed E-state index contributed by atoms with van der Waals surface area (Å²) in [5.74, 6) is -0.760. The molecule has 0 aromatic carbocycles. The molecule has 16 heteroatoms. The molecule has 2 aliphatic heterocycles. The molecule has 0 aromatic rings. The van der Waals surface area contributed by atoms with Crippen molar-refractivity contribution in [1.29, 1.82) is 0 Å². The van der Waals surface area contributed by atoms with Crippen molar-refractivity contribution >= 4 is 5.91 Å². The SMILES string of the molecule is CCCCCCCCCCCCCCCCCCCCC[C@@H](O)C(=O)N[C@@H](CO[C@H]1O[C@H](CO)[C@H](O)[C@H](O[C@@H]2O[C@@H]([C@H](O)CO)[C@H](O)[C@H]2O)[C@H]1O)[C@H](O)[C@H](O)CCCCCCCCCCCCCCC. The highest BCUT2D eigenvalue weighted by Gasteiger charge is 2.52. The van der Waals surface area contributed by atoms with E-state index in [1.807, 2.05) is 0 Å². The molecule has 416 valence electrons. The highest BCUT2D eigenvalue weighted by Crippen LogP contribution is 2.31. The predicted octanol–water partition coefficient (Wildman–Crippen LogP) is 6.50. The zero-order valence-corrected chi connectivity index (χ0v) is 43.8. The molecular formula is C54H105NO15. The summed E-state index contributed by atoms with van der Waals surface area (Å²) >= 11 is 0. The number of aliphatic hydroxyl groups excluding tert-OH is 10. The first-order valence-corrected chi connectivity index (χ1v) is 28.5. The van der Waals surface area contributed by atoms with E-state index in [1.54, 1.807) is 0 Å². The van der Waals surface area contributed by atoms with E-state index in [4.69, 9.17) is 18.9 Å². The van der Waals surface area contributed by atoms with E-state index in [0.29, 0.717) is 12.8 Å². The number of hydrogen-bond donors (Lipinski definition) is 11. The number of unbranched alkanes of at least 4 members (excludes halogenated alkanes) is 30. The molecule has 0 aliphatic carbocycles. The van der Waals surface area contributed by atoms with Crippen molar-refractivity contribution in [2.45, 2.75) is 318 Å². The number of amides is 1. The molecule has 2 aliphatic rings. The maximum absolute atomic E-state index is 13.4. The Hall–Kier alpha value is -1.09. The van der Waals surface area contributed by atoms with Gasteiger partial charge in [0.2, 0.25) is 5.91 Å². The number of carbonyl (C=O) groups excluding carboxylic acids is 1. The predicted molar refractivity (Wildman–Crippen MR) is 271 cm³/mol. The van der Waals surface area contributed by atoms with Gasteiger partial charge in [0.25, 0.3) is 0 Å². The fourth-order valence-corrected chi connectivity index (χ4v) is 9.77. The smallest absolute Gasteiger partial charge is 0.249 e. The second-order valence-electron chi connectivity index (χ2n) is 20.7. The molecule has 2 saturated heterocycles. The van der Waals surface area contributed by atoms with Gasteiger partial charge in [-0.25, -0.2) is 0 Å². The fourth-order valence-electron chi connectivity index (χ4n) is 9.77. The fraction of sp³-hybridized carbons (Fsp3) is 0.981. The van der Waals surface area contributed by atoms with Crippen LogP contribution in [0.15, 0.2) is 0 Å². The van der Waals surface area contributed by atoms with Crippen LogP contribution in [0, 0.1) is 0 Å². The zero-order chi connectivity index (χ0) is 51.4. The third-order valence-electron chi connectivity index (χ3n) is 14.5. The average Bonchev–Trinajstić information content (AvgIpc) is 3.64. The third kappa shape index (κ3) is 26.9. The summed E-state index contributed by atoms with van der Waals surface area (Å²) in [5.41, 5.74) is 0. The van der Waals surface area contributed by atoms with E-state index in [-0.39, 0.29) is 12.8 Å². The molecule has 2 rings (SSSR count). The van der Waals surface area contributed by atoms with Crippen LogP contribution in [0.5, 0.6) is 0 Å². The van der Waals surface area contributed by atoms with Crippen LogP contribution in [-0.4, -0.2) is 163 Å². The van der Waals surface area contributed by atoms with Crippen molar-refractivity contribution in [2.75, 3.05) is 19.8 Å². The quantitative estimate of drug-likeness (QED) is 0.0291. The second-order valence-corrected chi connectivity index (χ2v) is 20.7. The lowest BCUT2D eigenvalue weighted by Crippen LogP contribution is -2.62. The van der Waals surface area contributed by atoms with Gasteiger partial charge in [-0.3, -0.25) is 4.79 Å². The Balaban J connectivity index is 1.87. The summed E-state index contributed by atoms with van der Waals surface area (Å²) in [6.07, 6.45) is 18.3. The molecule has 14 atom stereocenters. The number of aliphatic hydroxyl groups is 10. The van der Waals surface area contributed by atoms with Crippen molar-refractivity contribution in [3.63, 3.8) is 0 Å². The van der Waals surface area contributed by atoms with Gasteiger partial charge in [0.15, 0.2) is 12.6 Å². The van der Waals surface area contributed by atoms with Crippen LogP contribution < -0.4 is 5.32 Å². The first-order valence-electron chi connectivity index (χ1n) is 28.5. The Morgan fingerprint density at radius 1 is 0.514 bits per heavy atom. The highest BCUT2D eigenvalue weighted by molar-refractivity contribution is 5.80. The van der Waals surface area contributed by atoms with Crippen molar-refractivity contribution in [2.24, 2.45) is 0 Å². The molecule has 0 saturated carbocycles. The Labute approximate surface area is 422 Å². The molecule has 16 nitrogen and oxygen atoms in total. The Bertz CT molecular complexity index is 1220. The summed E-state index contributed by atoms with van der Waals surface area (Å²) < 4.78 is 22.6. The van der Waals surface area contributed by atoms with Gasteiger partial charge in [0, 0.05) is 0 Å². The number of rotatable bonds is 46. The number of carbonyl (C=O) groups is 1. The van der Waals surface area contributed by atoms with Gasteiger partial charge < -0.3 is 75.3 Å². The van der Waals surface area contributed by atoms with Crippen LogP contribution in [0.1, 0.15) is 232 Å². The minimum Gasteiger partial charge on any atom is -0.394 e. The number of hydrogen-bond acceptors (Lipinski definition) is 15. The van der Waals surface area contributed by atoms with Crippen molar-refractivity contribution in [1.82, 2.24) is 5.32 Å². The standard InChI is InChI=1S/C54H105NO15/c1-3-5-7-9-11-13-15-17-18-19-20-21-22-24-26-28-30-32-34-36-42(59)52(66)55-40(45(61)41(58)35-33-31-29-27-25-23-16-14-12-10-8-6-4-2)39-67-53-49(65)51(46(62)44(38-57)68-53)70-54-48(64)47(63)50(69-54)43(60)37-56/h40-51,53-54,56-65H,3-39H2,1-2H3,(H,55,66)/t40-,41+,42+,43+,44+,45-,46-,47+,48+,49+,50-,51-,53-,54-/m0/s1. The van der Waals surface area contributed by atoms with Crippen molar-refractivity contribution in [3.05, 3.63) is 0 Å². The Morgan fingerprint density at radius 2 is 0.929 bits per heavy atom. The van der Waals surface area contributed by atoms with Crippen LogP contribution in [0.4, 0.5) is 0 Å². The minimum atomic E-state index is -1.82. The molecular weight excluding hydrogens is 903 g/mol. The number of ether oxygens (including phenoxy) is 4. The van der Waals surface area contributed by atoms with Gasteiger partial charge in [-0.05, 0) is 12.8 Å². The van der Waals surface area contributed by atoms with Gasteiger partial charge in [-0.15, -0.1) is 0 Å². The van der Waals surface area contributed by atoms with E-state index in [9.17, 15) is 55.9 Å². The van der Waals surface area contributed by atoms with Gasteiger partial charge in [-0.2, -0.15) is 0 Å². The van der Waals surface area contributed by atoms with Gasteiger partial charge in [-0.1, -0.05) is 219 Å². The van der Waals surface area contributed by atoms with E-state index in [0.717, 1.165) is 44.9 Å². The first-order chi connectivity index (χ1) is 33.9. The average molecular weight is 1010 g/mol. The highest BCUT2D eigenvalue weighted by atomic mass is 16.7. The first kappa shape index (κ1) is 65.0. The van der Waals surface area contributed by atoms with Crippen molar-refractivity contribution in [3.8, 4) is 0 Å². The molecule has 0 aromatic heterocycles. The monoisotopic (exact) mass is 1010 g/mol. The van der Waals surface area contributed by atoms with Crippen LogP contribution in [0.2, 0.25) is 0 Å². The third-order valence-corrected chi connectivity index (χ3v) is 14.5. The van der Waals surface area contributed by atoms with Gasteiger partial charge in [0.05, 0.1) is 32.0 Å². The van der Waals surface area contributed by atoms with Gasteiger partial charge >= 0.3 is 0 Å². The summed E-state index contributed by atoms with van der Waals surface area (Å²) in [6, 6.07) is -1.28. The molecule has 11 N–H and O–H groups in total. The Morgan fingerprint density at radius 3 is 1.34 bits per heavy atom. The van der Waals surface area contributed by atoms with Crippen LogP contribution in [0.3, 0.4) is 0 Å². The van der Waals surface area contributed by atoms with Crippen LogP contribution >= 0.6 is 0 Å². The van der Waals surface area contributed by atoms with E-state index >= 15 is 0 Å². The molecule has 0 bridgehead atoms. The topological polar surface area (TPSA) is 268 Å². The molecule has 0 unspecified atom stereocenters. The summed E-state index contributed by atoms with van der Waals surface area (Å²) in [5, 5.41) is 109. The maximum Gasteiger partial charge on any atom is 0.249 e.